The number of piperidine rings is 1. The Morgan fingerprint density at radius 2 is 1.78 bits per heavy atom. The summed E-state index contributed by atoms with van der Waals surface area (Å²) in [6, 6.07) is 5.47. The zero-order chi connectivity index (χ0) is 22.5. The highest BCUT2D eigenvalue weighted by molar-refractivity contribution is 5.61. The molecule has 0 bridgehead atoms. The maximum Gasteiger partial charge on any atom is 0.236 e. The Hall–Kier alpha value is -2.68. The summed E-state index contributed by atoms with van der Waals surface area (Å²) in [4.78, 5) is 17.9. The summed E-state index contributed by atoms with van der Waals surface area (Å²) in [6.07, 6.45) is 8.71. The average molecular weight is 444 g/mol. The number of hydrogen-bond acceptors (Lipinski definition) is 8. The van der Waals surface area contributed by atoms with E-state index >= 15 is 0 Å². The van der Waals surface area contributed by atoms with Gasteiger partial charge in [-0.3, -0.25) is 0 Å². The van der Waals surface area contributed by atoms with E-state index in [1.807, 2.05) is 11.0 Å². The maximum absolute atomic E-state index is 14.6. The molecule has 1 aliphatic carbocycles. The van der Waals surface area contributed by atoms with Crippen LogP contribution in [0.3, 0.4) is 0 Å². The number of nitrogens with two attached hydrogens (primary N) is 1. The molecular weight excluding hydrogens is 409 g/mol. The number of nitrogens with zero attached hydrogens (tertiary/aromatic N) is 5. The first-order valence-corrected chi connectivity index (χ1v) is 11.6. The van der Waals surface area contributed by atoms with Crippen LogP contribution >= 0.6 is 0 Å². The highest BCUT2D eigenvalue weighted by atomic mass is 19.1. The molecule has 0 radical (unpaired) electrons. The van der Waals surface area contributed by atoms with Crippen LogP contribution in [-0.2, 0) is 0 Å². The third-order valence-corrected chi connectivity index (χ3v) is 6.51. The van der Waals surface area contributed by atoms with E-state index in [0.717, 1.165) is 51.6 Å². The Morgan fingerprint density at radius 1 is 1.06 bits per heavy atom. The summed E-state index contributed by atoms with van der Waals surface area (Å²) in [7, 11) is 3.60. The van der Waals surface area contributed by atoms with E-state index in [1.165, 1.54) is 26.0 Å². The van der Waals surface area contributed by atoms with E-state index in [0.29, 0.717) is 23.6 Å². The number of aromatic nitrogens is 3. The van der Waals surface area contributed by atoms with Gasteiger partial charge in [-0.2, -0.15) is 15.0 Å². The maximum atomic E-state index is 14.6. The molecule has 2 fully saturated rings. The molecular formula is C23H34FN7O. The normalized spacial score (nSPS) is 18.8. The summed E-state index contributed by atoms with van der Waals surface area (Å²) in [5.74, 6) is 0.918. The summed E-state index contributed by atoms with van der Waals surface area (Å²) in [6.45, 7) is 2.06. The van der Waals surface area contributed by atoms with E-state index < -0.39 is 5.82 Å². The van der Waals surface area contributed by atoms with Crippen molar-refractivity contribution in [2.75, 3.05) is 43.2 Å². The lowest BCUT2D eigenvalue weighted by molar-refractivity contribution is 0.263. The number of methoxy groups -OCH3 is 1. The Bertz CT molecular complexity index is 896. The van der Waals surface area contributed by atoms with Crippen LogP contribution in [0.4, 0.5) is 27.9 Å². The lowest BCUT2D eigenvalue weighted by atomic mass is 10.1. The van der Waals surface area contributed by atoms with Crippen LogP contribution in [0.1, 0.15) is 51.4 Å². The monoisotopic (exact) mass is 443 g/mol. The predicted octanol–water partition coefficient (Wildman–Crippen LogP) is 3.97. The van der Waals surface area contributed by atoms with Crippen LogP contribution in [0.2, 0.25) is 0 Å². The fourth-order valence-electron chi connectivity index (χ4n) is 4.70. The van der Waals surface area contributed by atoms with Crippen molar-refractivity contribution in [1.29, 1.82) is 0 Å². The molecule has 8 nitrogen and oxygen atoms in total. The van der Waals surface area contributed by atoms with Crippen LogP contribution in [0.25, 0.3) is 0 Å². The zero-order valence-corrected chi connectivity index (χ0v) is 19.1. The molecule has 2 aliphatic rings. The van der Waals surface area contributed by atoms with E-state index in [4.69, 9.17) is 15.5 Å². The van der Waals surface area contributed by atoms with E-state index in [1.54, 1.807) is 6.07 Å². The summed E-state index contributed by atoms with van der Waals surface area (Å²) in [5.41, 5.74) is 6.81. The molecule has 0 atom stereocenters. The number of anilines is 4. The highest BCUT2D eigenvalue weighted by Crippen LogP contribution is 2.34. The number of nitrogens with one attached hydrogen (secondary N) is 1. The Kier molecular flexibility index (Phi) is 7.24. The number of likely N-dealkylation sites (tertiary alicyclic amines) is 1. The molecule has 174 valence electrons. The minimum absolute atomic E-state index is 0.165. The van der Waals surface area contributed by atoms with Gasteiger partial charge in [0.2, 0.25) is 17.8 Å². The largest absolute Gasteiger partial charge is 0.494 e. The fourth-order valence-corrected chi connectivity index (χ4v) is 4.70. The fraction of sp³-hybridized carbons (Fsp3) is 0.609. The number of rotatable bonds is 6. The van der Waals surface area contributed by atoms with Crippen molar-refractivity contribution < 1.29 is 9.13 Å². The topological polar surface area (TPSA) is 92.4 Å². The second-order valence-corrected chi connectivity index (χ2v) is 8.87. The molecule has 0 spiro atoms. The Morgan fingerprint density at radius 3 is 2.44 bits per heavy atom. The molecule has 9 heteroatoms. The second kappa shape index (κ2) is 10.3. The van der Waals surface area contributed by atoms with Gasteiger partial charge in [0.05, 0.1) is 7.11 Å². The van der Waals surface area contributed by atoms with Gasteiger partial charge in [-0.05, 0) is 58.0 Å². The molecule has 2 aromatic rings. The van der Waals surface area contributed by atoms with Gasteiger partial charge in [-0.15, -0.1) is 0 Å². The Balaban J connectivity index is 1.67. The van der Waals surface area contributed by atoms with Crippen LogP contribution in [0, 0.1) is 5.82 Å². The minimum Gasteiger partial charge on any atom is -0.494 e. The summed E-state index contributed by atoms with van der Waals surface area (Å²) in [5, 5.41) is 3.44. The third kappa shape index (κ3) is 5.38. The zero-order valence-electron chi connectivity index (χ0n) is 19.1. The van der Waals surface area contributed by atoms with Gasteiger partial charge in [0.25, 0.3) is 0 Å². The first kappa shape index (κ1) is 22.5. The molecule has 1 aliphatic heterocycles. The molecule has 2 heterocycles. The van der Waals surface area contributed by atoms with Crippen molar-refractivity contribution in [3.63, 3.8) is 0 Å². The van der Waals surface area contributed by atoms with Gasteiger partial charge in [-0.25, -0.2) is 4.39 Å². The molecule has 4 rings (SSSR count). The first-order valence-electron chi connectivity index (χ1n) is 11.6. The van der Waals surface area contributed by atoms with Crippen LogP contribution in [-0.4, -0.2) is 59.2 Å². The van der Waals surface area contributed by atoms with Crippen molar-refractivity contribution in [3.8, 4) is 5.75 Å². The van der Waals surface area contributed by atoms with Crippen molar-refractivity contribution in [2.45, 2.75) is 63.5 Å². The molecule has 1 saturated carbocycles. The van der Waals surface area contributed by atoms with E-state index in [2.05, 4.69) is 27.2 Å². The van der Waals surface area contributed by atoms with Crippen LogP contribution < -0.4 is 20.7 Å². The quantitative estimate of drug-likeness (QED) is 0.648. The number of halogens is 1. The van der Waals surface area contributed by atoms with Crippen molar-refractivity contribution in [3.05, 3.63) is 24.0 Å². The van der Waals surface area contributed by atoms with Crippen molar-refractivity contribution in [2.24, 2.45) is 0 Å². The molecule has 1 saturated heterocycles. The summed E-state index contributed by atoms with van der Waals surface area (Å²) >= 11 is 0. The number of ether oxygens (including phenoxy) is 1. The molecule has 0 unspecified atom stereocenters. The van der Waals surface area contributed by atoms with E-state index in [9.17, 15) is 4.39 Å². The average Bonchev–Trinajstić information content (AvgIpc) is 3.05. The van der Waals surface area contributed by atoms with E-state index in [-0.39, 0.29) is 17.7 Å². The molecule has 0 amide bonds. The molecule has 1 aromatic heterocycles. The minimum atomic E-state index is -0.407. The Labute approximate surface area is 189 Å². The first-order chi connectivity index (χ1) is 15.5. The number of benzene rings is 1. The molecule has 32 heavy (non-hydrogen) atoms. The van der Waals surface area contributed by atoms with Gasteiger partial charge in [0.15, 0.2) is 11.6 Å². The van der Waals surface area contributed by atoms with Crippen LogP contribution in [0.5, 0.6) is 5.75 Å². The molecule has 1 aromatic carbocycles. The lowest BCUT2D eigenvalue weighted by Crippen LogP contribution is -2.37. The van der Waals surface area contributed by atoms with Gasteiger partial charge in [0, 0.05) is 23.8 Å². The second-order valence-electron chi connectivity index (χ2n) is 8.87. The summed E-state index contributed by atoms with van der Waals surface area (Å²) < 4.78 is 19.7. The van der Waals surface area contributed by atoms with Crippen molar-refractivity contribution >= 4 is 23.5 Å². The van der Waals surface area contributed by atoms with Crippen molar-refractivity contribution in [1.82, 2.24) is 19.9 Å². The third-order valence-electron chi connectivity index (χ3n) is 6.51. The lowest BCUT2D eigenvalue weighted by Gasteiger charge is -2.32. The molecule has 3 N–H and O–H groups in total. The number of hydrogen-bond donors (Lipinski definition) is 2. The SMILES string of the molecule is COc1ccc(N(c2nc(N)nc(NC3CCN(C)CC3)n2)C2CCCCCC2)cc1F. The van der Waals surface area contributed by atoms with Gasteiger partial charge < -0.3 is 25.6 Å². The number of nitrogen functional groups attached to an aromatic ring is 1. The highest BCUT2D eigenvalue weighted by Gasteiger charge is 2.27. The van der Waals surface area contributed by atoms with Gasteiger partial charge >= 0.3 is 0 Å². The van der Waals surface area contributed by atoms with Gasteiger partial charge in [0.1, 0.15) is 0 Å². The predicted molar refractivity (Wildman–Crippen MR) is 125 cm³/mol. The smallest absolute Gasteiger partial charge is 0.236 e. The van der Waals surface area contributed by atoms with Crippen LogP contribution in [0.15, 0.2) is 18.2 Å². The van der Waals surface area contributed by atoms with Gasteiger partial charge in [-0.1, -0.05) is 25.7 Å². The standard InChI is InChI=1S/C23H34FN7O/c1-30-13-11-16(12-14-30)26-22-27-21(25)28-23(29-22)31(17-7-5-3-4-6-8-17)18-9-10-20(32-2)19(24)15-18/h9-10,15-17H,3-8,11-14H2,1-2H3,(H3,25,26,27,28,29).